The Hall–Kier alpha value is -1.09. The second-order valence-corrected chi connectivity index (χ2v) is 4.91. The van der Waals surface area contributed by atoms with Crippen molar-refractivity contribution in [1.82, 2.24) is 9.88 Å². The molecule has 1 aromatic heterocycles. The number of rotatable bonds is 2. The van der Waals surface area contributed by atoms with Crippen LogP contribution in [0.1, 0.15) is 36.5 Å². The lowest BCUT2D eigenvalue weighted by atomic mass is 9.94. The van der Waals surface area contributed by atoms with Crippen LogP contribution in [0.2, 0.25) is 5.02 Å². The van der Waals surface area contributed by atoms with E-state index < -0.39 is 0 Å². The summed E-state index contributed by atoms with van der Waals surface area (Å²) >= 11 is 6.01. The predicted molar refractivity (Wildman–Crippen MR) is 68.2 cm³/mol. The van der Waals surface area contributed by atoms with Crippen LogP contribution in [-0.4, -0.2) is 28.9 Å². The first-order valence-electron chi connectivity index (χ1n) is 6.11. The van der Waals surface area contributed by atoms with Crippen molar-refractivity contribution in [2.24, 2.45) is 5.92 Å². The van der Waals surface area contributed by atoms with E-state index in [1.165, 1.54) is 6.42 Å². The number of halogens is 1. The summed E-state index contributed by atoms with van der Waals surface area (Å²) < 4.78 is 0. The van der Waals surface area contributed by atoms with E-state index in [0.717, 1.165) is 31.8 Å². The van der Waals surface area contributed by atoms with Crippen LogP contribution < -0.4 is 0 Å². The highest BCUT2D eigenvalue weighted by atomic mass is 35.5. The predicted octanol–water partition coefficient (Wildman–Crippen LogP) is 3.00. The zero-order valence-corrected chi connectivity index (χ0v) is 10.8. The molecule has 0 radical (unpaired) electrons. The molecule has 1 amide bonds. The second kappa shape index (κ2) is 5.50. The fraction of sp³-hybridized carbons (Fsp3) is 0.538. The van der Waals surface area contributed by atoms with Gasteiger partial charge in [-0.3, -0.25) is 9.78 Å². The summed E-state index contributed by atoms with van der Waals surface area (Å²) in [4.78, 5) is 18.1. The van der Waals surface area contributed by atoms with Gasteiger partial charge in [0.25, 0.3) is 5.91 Å². The van der Waals surface area contributed by atoms with Crippen molar-refractivity contribution < 1.29 is 4.79 Å². The maximum Gasteiger partial charge on any atom is 0.256 e. The Balaban J connectivity index is 2.04. The summed E-state index contributed by atoms with van der Waals surface area (Å²) in [5.41, 5.74) is 0.518. The molecule has 2 rings (SSSR count). The van der Waals surface area contributed by atoms with Crippen molar-refractivity contribution in [2.75, 3.05) is 13.1 Å². The Labute approximate surface area is 107 Å². The number of hydrogen-bond donors (Lipinski definition) is 0. The van der Waals surface area contributed by atoms with E-state index in [9.17, 15) is 4.79 Å². The molecule has 0 aromatic carbocycles. The summed E-state index contributed by atoms with van der Waals surface area (Å²) in [6.45, 7) is 3.88. The van der Waals surface area contributed by atoms with E-state index in [0.29, 0.717) is 10.6 Å². The second-order valence-electron chi connectivity index (χ2n) is 4.50. The van der Waals surface area contributed by atoms with Crippen LogP contribution in [0.3, 0.4) is 0 Å². The van der Waals surface area contributed by atoms with Crippen molar-refractivity contribution in [1.29, 1.82) is 0 Å². The molecular formula is C13H17ClN2O. The molecule has 1 saturated heterocycles. The van der Waals surface area contributed by atoms with Gasteiger partial charge in [-0.15, -0.1) is 0 Å². The number of carbonyl (C=O) groups excluding carboxylic acids is 1. The fourth-order valence-corrected chi connectivity index (χ4v) is 2.44. The van der Waals surface area contributed by atoms with E-state index in [4.69, 9.17) is 11.6 Å². The Kier molecular flexibility index (Phi) is 4.00. The normalized spacial score (nSPS) is 17.2. The van der Waals surface area contributed by atoms with Crippen LogP contribution in [0.25, 0.3) is 0 Å². The van der Waals surface area contributed by atoms with E-state index in [2.05, 4.69) is 11.9 Å². The van der Waals surface area contributed by atoms with Gasteiger partial charge in [0.05, 0.1) is 10.6 Å². The molecule has 3 nitrogen and oxygen atoms in total. The van der Waals surface area contributed by atoms with Gasteiger partial charge in [0.2, 0.25) is 0 Å². The number of aromatic nitrogens is 1. The van der Waals surface area contributed by atoms with E-state index in [-0.39, 0.29) is 5.91 Å². The minimum absolute atomic E-state index is 0.0117. The Morgan fingerprint density at radius 1 is 1.53 bits per heavy atom. The van der Waals surface area contributed by atoms with Gasteiger partial charge in [0, 0.05) is 25.5 Å². The molecule has 0 saturated carbocycles. The lowest BCUT2D eigenvalue weighted by molar-refractivity contribution is 0.0688. The van der Waals surface area contributed by atoms with Gasteiger partial charge >= 0.3 is 0 Å². The van der Waals surface area contributed by atoms with Crippen LogP contribution >= 0.6 is 11.6 Å². The third-order valence-corrected chi connectivity index (χ3v) is 3.81. The number of hydrogen-bond acceptors (Lipinski definition) is 2. The summed E-state index contributed by atoms with van der Waals surface area (Å²) in [6.07, 6.45) is 6.55. The van der Waals surface area contributed by atoms with Gasteiger partial charge in [0.15, 0.2) is 0 Å². The highest BCUT2D eigenvalue weighted by molar-refractivity contribution is 6.33. The highest BCUT2D eigenvalue weighted by Crippen LogP contribution is 2.23. The lowest BCUT2D eigenvalue weighted by Gasteiger charge is -2.31. The van der Waals surface area contributed by atoms with E-state index >= 15 is 0 Å². The number of pyridine rings is 1. The highest BCUT2D eigenvalue weighted by Gasteiger charge is 2.23. The third-order valence-electron chi connectivity index (χ3n) is 3.48. The standard InChI is InChI=1S/C13H17ClN2O/c1-2-10-4-7-16(8-5-10)13(17)11-9-15-6-3-12(11)14/h3,6,9-10H,2,4-5,7-8H2,1H3. The van der Waals surface area contributed by atoms with Crippen molar-refractivity contribution in [2.45, 2.75) is 26.2 Å². The molecule has 0 spiro atoms. The first-order valence-corrected chi connectivity index (χ1v) is 6.49. The van der Waals surface area contributed by atoms with Gasteiger partial charge in [-0.2, -0.15) is 0 Å². The van der Waals surface area contributed by atoms with Crippen LogP contribution in [0.15, 0.2) is 18.5 Å². The van der Waals surface area contributed by atoms with Gasteiger partial charge in [-0.1, -0.05) is 24.9 Å². The van der Waals surface area contributed by atoms with Gasteiger partial charge < -0.3 is 4.90 Å². The zero-order chi connectivity index (χ0) is 12.3. The average molecular weight is 253 g/mol. The maximum absolute atomic E-state index is 12.2. The van der Waals surface area contributed by atoms with Crippen molar-refractivity contribution in [3.63, 3.8) is 0 Å². The number of amides is 1. The molecule has 4 heteroatoms. The Morgan fingerprint density at radius 3 is 2.82 bits per heavy atom. The van der Waals surface area contributed by atoms with Crippen LogP contribution in [0.5, 0.6) is 0 Å². The molecule has 1 aliphatic rings. The first kappa shape index (κ1) is 12.4. The topological polar surface area (TPSA) is 33.2 Å². The van der Waals surface area contributed by atoms with Crippen molar-refractivity contribution >= 4 is 17.5 Å². The minimum atomic E-state index is 0.0117. The van der Waals surface area contributed by atoms with Gasteiger partial charge in [-0.25, -0.2) is 0 Å². The van der Waals surface area contributed by atoms with Gasteiger partial charge in [-0.05, 0) is 24.8 Å². The molecule has 1 fully saturated rings. The molecule has 0 aliphatic carbocycles. The fourth-order valence-electron chi connectivity index (χ4n) is 2.25. The van der Waals surface area contributed by atoms with E-state index in [1.807, 2.05) is 4.90 Å². The quantitative estimate of drug-likeness (QED) is 0.811. The summed E-state index contributed by atoms with van der Waals surface area (Å²) in [5, 5.41) is 0.489. The SMILES string of the molecule is CCC1CCN(C(=O)c2cnccc2Cl)CC1. The molecule has 1 aliphatic heterocycles. The van der Waals surface area contributed by atoms with Crippen molar-refractivity contribution in [3.8, 4) is 0 Å². The third kappa shape index (κ3) is 2.78. The van der Waals surface area contributed by atoms with Crippen LogP contribution in [0, 0.1) is 5.92 Å². The van der Waals surface area contributed by atoms with Crippen LogP contribution in [-0.2, 0) is 0 Å². The summed E-state index contributed by atoms with van der Waals surface area (Å²) in [5.74, 6) is 0.779. The number of carbonyl (C=O) groups is 1. The largest absolute Gasteiger partial charge is 0.339 e. The van der Waals surface area contributed by atoms with Gasteiger partial charge in [0.1, 0.15) is 0 Å². The number of likely N-dealkylation sites (tertiary alicyclic amines) is 1. The monoisotopic (exact) mass is 252 g/mol. The molecule has 92 valence electrons. The number of piperidine rings is 1. The molecule has 0 unspecified atom stereocenters. The molecule has 1 aromatic rings. The molecular weight excluding hydrogens is 236 g/mol. The lowest BCUT2D eigenvalue weighted by Crippen LogP contribution is -2.38. The number of nitrogens with zero attached hydrogens (tertiary/aromatic N) is 2. The average Bonchev–Trinajstić information content (AvgIpc) is 2.39. The molecule has 0 N–H and O–H groups in total. The first-order chi connectivity index (χ1) is 8.22. The zero-order valence-electron chi connectivity index (χ0n) is 10.0. The molecule has 2 heterocycles. The van der Waals surface area contributed by atoms with Crippen molar-refractivity contribution in [3.05, 3.63) is 29.0 Å². The minimum Gasteiger partial charge on any atom is -0.339 e. The maximum atomic E-state index is 12.2. The Morgan fingerprint density at radius 2 is 2.24 bits per heavy atom. The summed E-state index contributed by atoms with van der Waals surface area (Å²) in [6, 6.07) is 1.66. The molecule has 0 atom stereocenters. The molecule has 0 bridgehead atoms. The smallest absolute Gasteiger partial charge is 0.256 e. The van der Waals surface area contributed by atoms with Crippen LogP contribution in [0.4, 0.5) is 0 Å². The Bertz CT molecular complexity index is 400. The summed E-state index contributed by atoms with van der Waals surface area (Å²) in [7, 11) is 0. The molecule has 17 heavy (non-hydrogen) atoms. The van der Waals surface area contributed by atoms with E-state index in [1.54, 1.807) is 18.5 Å².